The van der Waals surface area contributed by atoms with Gasteiger partial charge in [-0.25, -0.2) is 24.7 Å². The SMILES string of the molecule is CN(CCCN(C)c1ncc(-c2ccnc(Nc3cccc(CN4CCN(CC(=O)OC(C)(C)C)CC4)c3)n2)cn1)C(=O)OC(C)(C)C. The summed E-state index contributed by atoms with van der Waals surface area (Å²) in [6, 6.07) is 10.1. The third-order valence-electron chi connectivity index (χ3n) is 7.45. The molecule has 3 aromatic rings. The summed E-state index contributed by atoms with van der Waals surface area (Å²) in [5, 5.41) is 3.33. The van der Waals surface area contributed by atoms with E-state index in [4.69, 9.17) is 14.5 Å². The van der Waals surface area contributed by atoms with Gasteiger partial charge in [0, 0.05) is 89.8 Å². The van der Waals surface area contributed by atoms with Gasteiger partial charge in [0.25, 0.3) is 0 Å². The van der Waals surface area contributed by atoms with E-state index >= 15 is 0 Å². The summed E-state index contributed by atoms with van der Waals surface area (Å²) in [5.74, 6) is 0.898. The van der Waals surface area contributed by atoms with Crippen molar-refractivity contribution in [3.8, 4) is 11.3 Å². The van der Waals surface area contributed by atoms with Gasteiger partial charge in [0.05, 0.1) is 12.2 Å². The van der Waals surface area contributed by atoms with Gasteiger partial charge in [-0.05, 0) is 71.7 Å². The molecule has 1 aromatic carbocycles. The Morgan fingerprint density at radius 1 is 0.875 bits per heavy atom. The predicted octanol–water partition coefficient (Wildman–Crippen LogP) is 4.83. The van der Waals surface area contributed by atoms with Gasteiger partial charge >= 0.3 is 12.1 Å². The summed E-state index contributed by atoms with van der Waals surface area (Å²) >= 11 is 0. The second kappa shape index (κ2) is 16.2. The molecule has 4 rings (SSSR count). The van der Waals surface area contributed by atoms with E-state index in [1.54, 1.807) is 30.5 Å². The average molecular weight is 662 g/mol. The average Bonchev–Trinajstić information content (AvgIpc) is 3.00. The number of benzene rings is 1. The zero-order chi connectivity index (χ0) is 34.9. The Kier molecular flexibility index (Phi) is 12.3. The fourth-order valence-corrected chi connectivity index (χ4v) is 5.10. The molecule has 260 valence electrons. The van der Waals surface area contributed by atoms with Crippen molar-refractivity contribution in [2.45, 2.75) is 65.7 Å². The molecule has 1 aliphatic rings. The number of carbonyl (C=O) groups excluding carboxylic acids is 2. The number of anilines is 3. The first-order valence-electron chi connectivity index (χ1n) is 16.5. The molecule has 0 atom stereocenters. The van der Waals surface area contributed by atoms with E-state index in [0.717, 1.165) is 50.4 Å². The molecule has 13 heteroatoms. The first-order valence-corrected chi connectivity index (χ1v) is 16.5. The van der Waals surface area contributed by atoms with E-state index in [1.807, 2.05) is 71.7 Å². The summed E-state index contributed by atoms with van der Waals surface area (Å²) in [6.45, 7) is 17.0. The lowest BCUT2D eigenvalue weighted by atomic mass is 10.1. The van der Waals surface area contributed by atoms with Crippen molar-refractivity contribution in [3.05, 3.63) is 54.5 Å². The van der Waals surface area contributed by atoms with E-state index < -0.39 is 11.2 Å². The summed E-state index contributed by atoms with van der Waals surface area (Å²) in [5.41, 5.74) is 2.59. The van der Waals surface area contributed by atoms with Crippen LogP contribution in [0.25, 0.3) is 11.3 Å². The highest BCUT2D eigenvalue weighted by molar-refractivity contribution is 5.72. The number of nitrogens with zero attached hydrogens (tertiary/aromatic N) is 8. The number of ether oxygens (including phenoxy) is 2. The second-order valence-electron chi connectivity index (χ2n) is 14.2. The Balaban J connectivity index is 1.26. The largest absolute Gasteiger partial charge is 0.459 e. The minimum atomic E-state index is -0.520. The zero-order valence-corrected chi connectivity index (χ0v) is 29.7. The van der Waals surface area contributed by atoms with Crippen LogP contribution in [0.4, 0.5) is 22.4 Å². The molecule has 2 aromatic heterocycles. The van der Waals surface area contributed by atoms with Crippen LogP contribution in [0.2, 0.25) is 0 Å². The molecule has 1 fully saturated rings. The molecule has 1 amide bonds. The lowest BCUT2D eigenvalue weighted by molar-refractivity contribution is -0.156. The van der Waals surface area contributed by atoms with Crippen LogP contribution in [0.3, 0.4) is 0 Å². The summed E-state index contributed by atoms with van der Waals surface area (Å²) in [7, 11) is 3.66. The Bertz CT molecular complexity index is 1500. The third-order valence-corrected chi connectivity index (χ3v) is 7.45. The maximum atomic E-state index is 12.2. The zero-order valence-electron chi connectivity index (χ0n) is 29.7. The van der Waals surface area contributed by atoms with Crippen LogP contribution in [0.5, 0.6) is 0 Å². The van der Waals surface area contributed by atoms with Gasteiger partial charge in [-0.15, -0.1) is 0 Å². The molecule has 3 heterocycles. The van der Waals surface area contributed by atoms with Crippen LogP contribution in [-0.4, -0.2) is 118 Å². The predicted molar refractivity (Wildman–Crippen MR) is 187 cm³/mol. The van der Waals surface area contributed by atoms with Crippen LogP contribution in [0.1, 0.15) is 53.5 Å². The van der Waals surface area contributed by atoms with Gasteiger partial charge in [-0.1, -0.05) is 12.1 Å². The van der Waals surface area contributed by atoms with Gasteiger partial charge in [-0.2, -0.15) is 0 Å². The van der Waals surface area contributed by atoms with Gasteiger partial charge < -0.3 is 24.6 Å². The fraction of sp³-hybridized carbons (Fsp3) is 0.543. The quantitative estimate of drug-likeness (QED) is 0.267. The highest BCUT2D eigenvalue weighted by Crippen LogP contribution is 2.21. The first-order chi connectivity index (χ1) is 22.6. The lowest BCUT2D eigenvalue weighted by Gasteiger charge is -2.34. The normalized spacial score (nSPS) is 14.3. The van der Waals surface area contributed by atoms with Crippen LogP contribution >= 0.6 is 0 Å². The van der Waals surface area contributed by atoms with E-state index in [2.05, 4.69) is 42.2 Å². The van der Waals surface area contributed by atoms with Crippen molar-refractivity contribution in [1.82, 2.24) is 34.6 Å². The summed E-state index contributed by atoms with van der Waals surface area (Å²) < 4.78 is 10.9. The Morgan fingerprint density at radius 2 is 1.54 bits per heavy atom. The molecular weight excluding hydrogens is 610 g/mol. The molecule has 0 unspecified atom stereocenters. The van der Waals surface area contributed by atoms with E-state index in [1.165, 1.54) is 5.56 Å². The molecule has 0 spiro atoms. The summed E-state index contributed by atoms with van der Waals surface area (Å²) in [4.78, 5) is 50.7. The number of amides is 1. The van der Waals surface area contributed by atoms with Crippen molar-refractivity contribution in [3.63, 3.8) is 0 Å². The Labute approximate surface area is 284 Å². The Hall–Kier alpha value is -4.36. The van der Waals surface area contributed by atoms with Crippen molar-refractivity contribution >= 4 is 29.6 Å². The number of piperazine rings is 1. The van der Waals surface area contributed by atoms with Gasteiger partial charge in [-0.3, -0.25) is 14.6 Å². The topological polar surface area (TPSA) is 129 Å². The van der Waals surface area contributed by atoms with Crippen LogP contribution < -0.4 is 10.2 Å². The molecule has 13 nitrogen and oxygen atoms in total. The molecule has 1 saturated heterocycles. The molecule has 1 aliphatic heterocycles. The van der Waals surface area contributed by atoms with Gasteiger partial charge in [0.2, 0.25) is 11.9 Å². The number of rotatable bonds is 12. The number of hydrogen-bond acceptors (Lipinski definition) is 12. The first kappa shape index (κ1) is 36.5. The molecule has 0 saturated carbocycles. The molecule has 0 radical (unpaired) electrons. The van der Waals surface area contributed by atoms with E-state index in [9.17, 15) is 9.59 Å². The number of nitrogens with one attached hydrogen (secondary N) is 1. The van der Waals surface area contributed by atoms with E-state index in [0.29, 0.717) is 37.2 Å². The molecule has 0 bridgehead atoms. The number of aromatic nitrogens is 4. The highest BCUT2D eigenvalue weighted by atomic mass is 16.6. The molecule has 48 heavy (non-hydrogen) atoms. The van der Waals surface area contributed by atoms with Gasteiger partial charge in [0.15, 0.2) is 0 Å². The molecular formula is C35H51N9O4. The van der Waals surface area contributed by atoms with Crippen LogP contribution in [0, 0.1) is 0 Å². The second-order valence-corrected chi connectivity index (χ2v) is 14.2. The van der Waals surface area contributed by atoms with Crippen molar-refractivity contribution < 1.29 is 19.1 Å². The van der Waals surface area contributed by atoms with Crippen molar-refractivity contribution in [1.29, 1.82) is 0 Å². The molecule has 1 N–H and O–H groups in total. The Morgan fingerprint density at radius 3 is 2.21 bits per heavy atom. The minimum absolute atomic E-state index is 0.174. The minimum Gasteiger partial charge on any atom is -0.459 e. The van der Waals surface area contributed by atoms with Crippen molar-refractivity contribution in [2.24, 2.45) is 0 Å². The van der Waals surface area contributed by atoms with Gasteiger partial charge in [0.1, 0.15) is 11.2 Å². The number of hydrogen-bond donors (Lipinski definition) is 1. The third kappa shape index (κ3) is 12.0. The number of carbonyl (C=O) groups is 2. The van der Waals surface area contributed by atoms with Crippen LogP contribution in [0.15, 0.2) is 48.9 Å². The smallest absolute Gasteiger partial charge is 0.410 e. The maximum Gasteiger partial charge on any atom is 0.410 e. The highest BCUT2D eigenvalue weighted by Gasteiger charge is 2.23. The summed E-state index contributed by atoms with van der Waals surface area (Å²) in [6.07, 6.45) is 5.64. The van der Waals surface area contributed by atoms with Crippen molar-refractivity contribution in [2.75, 3.05) is 70.1 Å². The fourth-order valence-electron chi connectivity index (χ4n) is 5.10. The standard InChI is InChI=1S/C35H51N9O4/c1-34(2,3)47-30(45)25-44-19-17-43(18-20-44)24-26-11-9-12-28(21-26)39-31-36-14-13-29(40-31)27-22-37-32(38-23-27)41(7)15-10-16-42(8)33(46)48-35(4,5)6/h9,11-14,21-23H,10,15-20,24-25H2,1-8H3,(H,36,39,40). The van der Waals surface area contributed by atoms with E-state index in [-0.39, 0.29) is 12.1 Å². The maximum absolute atomic E-state index is 12.2. The number of esters is 1. The lowest BCUT2D eigenvalue weighted by Crippen LogP contribution is -2.48. The monoisotopic (exact) mass is 661 g/mol. The molecule has 0 aliphatic carbocycles. The van der Waals surface area contributed by atoms with Crippen LogP contribution in [-0.2, 0) is 20.8 Å².